The van der Waals surface area contributed by atoms with Gasteiger partial charge in [-0.15, -0.1) is 0 Å². The monoisotopic (exact) mass is 477 g/mol. The number of carbonyl (C=O) groups excluding carboxylic acids is 2. The number of anilines is 1. The van der Waals surface area contributed by atoms with E-state index in [0.29, 0.717) is 16.8 Å². The Labute approximate surface area is 186 Å². The van der Waals surface area contributed by atoms with Crippen molar-refractivity contribution >= 4 is 45.0 Å². The van der Waals surface area contributed by atoms with Crippen LogP contribution in [0, 0.1) is 0 Å². The number of carboxylic acids is 1. The molecule has 3 aromatic carbocycles. The van der Waals surface area contributed by atoms with E-state index in [-0.39, 0.29) is 16.9 Å². The summed E-state index contributed by atoms with van der Waals surface area (Å²) in [7, 11) is 0. The van der Waals surface area contributed by atoms with Crippen molar-refractivity contribution in [1.29, 1.82) is 0 Å². The smallest absolute Gasteiger partial charge is 0.335 e. The van der Waals surface area contributed by atoms with E-state index < -0.39 is 23.7 Å². The van der Waals surface area contributed by atoms with Crippen molar-refractivity contribution in [2.24, 2.45) is 0 Å². The van der Waals surface area contributed by atoms with E-state index in [1.165, 1.54) is 29.2 Å². The number of ketones is 1. The van der Waals surface area contributed by atoms with Gasteiger partial charge in [-0.2, -0.15) is 0 Å². The fourth-order valence-electron chi connectivity index (χ4n) is 3.58. The number of hydrogen-bond acceptors (Lipinski definition) is 4. The Kier molecular flexibility index (Phi) is 5.44. The second-order valence-electron chi connectivity index (χ2n) is 6.94. The molecular weight excluding hydrogens is 462 g/mol. The summed E-state index contributed by atoms with van der Waals surface area (Å²) in [5.41, 5.74) is 1.43. The Hall–Kier alpha value is -3.71. The molecule has 0 spiro atoms. The van der Waals surface area contributed by atoms with Gasteiger partial charge in [0, 0.05) is 15.7 Å². The first-order valence-corrected chi connectivity index (χ1v) is 10.1. The quantitative estimate of drug-likeness (QED) is 0.320. The van der Waals surface area contributed by atoms with Crippen molar-refractivity contribution in [2.75, 3.05) is 4.90 Å². The summed E-state index contributed by atoms with van der Waals surface area (Å²) in [4.78, 5) is 38.5. The fourth-order valence-corrected chi connectivity index (χ4v) is 3.84. The first kappa shape index (κ1) is 20.6. The topological polar surface area (TPSA) is 94.9 Å². The SMILES string of the molecule is O=C1C(=O)N(c2ccc(C(=O)O)cc2)[C@@H](c2ccc(Br)cc2)/C1=C(\O)c1ccccc1. The number of carboxylic acid groups (broad SMARTS) is 1. The largest absolute Gasteiger partial charge is 0.507 e. The van der Waals surface area contributed by atoms with Gasteiger partial charge in [0.15, 0.2) is 0 Å². The van der Waals surface area contributed by atoms with E-state index in [1.54, 1.807) is 54.6 Å². The molecule has 2 N–H and O–H groups in total. The van der Waals surface area contributed by atoms with E-state index in [2.05, 4.69) is 15.9 Å². The molecule has 7 heteroatoms. The van der Waals surface area contributed by atoms with Gasteiger partial charge in [-0.1, -0.05) is 58.4 Å². The summed E-state index contributed by atoms with van der Waals surface area (Å²) >= 11 is 3.38. The van der Waals surface area contributed by atoms with E-state index in [1.807, 2.05) is 0 Å². The summed E-state index contributed by atoms with van der Waals surface area (Å²) in [6.07, 6.45) is 0. The maximum Gasteiger partial charge on any atom is 0.335 e. The second kappa shape index (κ2) is 8.20. The minimum Gasteiger partial charge on any atom is -0.507 e. The van der Waals surface area contributed by atoms with E-state index in [9.17, 15) is 19.5 Å². The molecule has 1 fully saturated rings. The molecule has 0 radical (unpaired) electrons. The molecule has 0 aliphatic carbocycles. The Morgan fingerprint density at radius 1 is 0.806 bits per heavy atom. The third kappa shape index (κ3) is 3.75. The molecule has 1 saturated heterocycles. The third-order valence-electron chi connectivity index (χ3n) is 5.07. The highest BCUT2D eigenvalue weighted by Crippen LogP contribution is 2.42. The highest BCUT2D eigenvalue weighted by molar-refractivity contribution is 9.10. The lowest BCUT2D eigenvalue weighted by molar-refractivity contribution is -0.132. The molecule has 3 aromatic rings. The van der Waals surface area contributed by atoms with Gasteiger partial charge in [0.25, 0.3) is 11.7 Å². The van der Waals surface area contributed by atoms with Gasteiger partial charge in [-0.25, -0.2) is 4.79 Å². The maximum atomic E-state index is 13.0. The van der Waals surface area contributed by atoms with Crippen molar-refractivity contribution in [2.45, 2.75) is 6.04 Å². The predicted molar refractivity (Wildman–Crippen MR) is 119 cm³/mol. The number of Topliss-reactive ketones (excluding diaryl/α,β-unsaturated/α-hetero) is 1. The van der Waals surface area contributed by atoms with Crippen LogP contribution < -0.4 is 4.90 Å². The standard InChI is InChI=1S/C24H16BrNO5/c25-17-10-6-14(7-11-17)20-19(21(27)15-4-2-1-3-5-15)22(28)23(29)26(20)18-12-8-16(9-13-18)24(30)31/h1-13,20,27H,(H,30,31)/b21-19+/t20-/m0/s1. The molecule has 154 valence electrons. The van der Waals surface area contributed by atoms with Crippen LogP contribution in [0.5, 0.6) is 0 Å². The van der Waals surface area contributed by atoms with Gasteiger partial charge in [0.1, 0.15) is 5.76 Å². The van der Waals surface area contributed by atoms with Crippen LogP contribution in [-0.2, 0) is 9.59 Å². The van der Waals surface area contributed by atoms with Crippen molar-refractivity contribution < 1.29 is 24.6 Å². The molecule has 1 aliphatic rings. The van der Waals surface area contributed by atoms with Gasteiger partial charge in [0.2, 0.25) is 0 Å². The molecule has 1 amide bonds. The van der Waals surface area contributed by atoms with E-state index in [0.717, 1.165) is 4.47 Å². The number of aromatic carboxylic acids is 1. The van der Waals surface area contributed by atoms with Gasteiger partial charge < -0.3 is 10.2 Å². The highest BCUT2D eigenvalue weighted by atomic mass is 79.9. The lowest BCUT2D eigenvalue weighted by Gasteiger charge is -2.25. The normalized spacial score (nSPS) is 17.7. The summed E-state index contributed by atoms with van der Waals surface area (Å²) in [5.74, 6) is -2.97. The molecule has 0 aromatic heterocycles. The van der Waals surface area contributed by atoms with Gasteiger partial charge in [-0.3, -0.25) is 14.5 Å². The van der Waals surface area contributed by atoms with Crippen LogP contribution in [0.25, 0.3) is 5.76 Å². The number of halogens is 1. The Morgan fingerprint density at radius 2 is 1.42 bits per heavy atom. The molecule has 0 unspecified atom stereocenters. The van der Waals surface area contributed by atoms with Crippen LogP contribution >= 0.6 is 15.9 Å². The highest BCUT2D eigenvalue weighted by Gasteiger charge is 2.46. The second-order valence-corrected chi connectivity index (χ2v) is 7.85. The number of benzene rings is 3. The van der Waals surface area contributed by atoms with E-state index in [4.69, 9.17) is 5.11 Å². The number of aliphatic hydroxyl groups is 1. The molecule has 4 rings (SSSR count). The van der Waals surface area contributed by atoms with Crippen LogP contribution in [0.2, 0.25) is 0 Å². The van der Waals surface area contributed by atoms with Crippen LogP contribution in [-0.4, -0.2) is 27.9 Å². The number of rotatable bonds is 4. The zero-order valence-corrected chi connectivity index (χ0v) is 17.6. The molecule has 31 heavy (non-hydrogen) atoms. The summed E-state index contributed by atoms with van der Waals surface area (Å²) < 4.78 is 0.821. The lowest BCUT2D eigenvalue weighted by atomic mass is 9.95. The van der Waals surface area contributed by atoms with Crippen LogP contribution in [0.3, 0.4) is 0 Å². The van der Waals surface area contributed by atoms with Crippen molar-refractivity contribution in [1.82, 2.24) is 0 Å². The first-order valence-electron chi connectivity index (χ1n) is 9.33. The van der Waals surface area contributed by atoms with Crippen molar-refractivity contribution in [3.63, 3.8) is 0 Å². The molecular formula is C24H16BrNO5. The summed E-state index contributed by atoms with van der Waals surface area (Å²) in [6, 6.07) is 20.5. The van der Waals surface area contributed by atoms with Gasteiger partial charge in [-0.05, 0) is 42.0 Å². The molecule has 1 aliphatic heterocycles. The predicted octanol–water partition coefficient (Wildman–Crippen LogP) is 4.77. The van der Waals surface area contributed by atoms with Crippen molar-refractivity contribution in [3.05, 3.63) is 106 Å². The zero-order chi connectivity index (χ0) is 22.1. The van der Waals surface area contributed by atoms with Crippen LogP contribution in [0.1, 0.15) is 27.5 Å². The molecule has 0 bridgehead atoms. The Morgan fingerprint density at radius 3 is 2.00 bits per heavy atom. The lowest BCUT2D eigenvalue weighted by Crippen LogP contribution is -2.29. The van der Waals surface area contributed by atoms with Crippen molar-refractivity contribution in [3.8, 4) is 0 Å². The first-order chi connectivity index (χ1) is 14.9. The average molecular weight is 478 g/mol. The number of amides is 1. The molecule has 0 saturated carbocycles. The molecule has 1 heterocycles. The summed E-state index contributed by atoms with van der Waals surface area (Å²) in [6.45, 7) is 0. The molecule has 6 nitrogen and oxygen atoms in total. The minimum atomic E-state index is -1.10. The van der Waals surface area contributed by atoms with Crippen LogP contribution in [0.4, 0.5) is 5.69 Å². The Balaban J connectivity index is 1.91. The number of carbonyl (C=O) groups is 3. The van der Waals surface area contributed by atoms with Crippen LogP contribution in [0.15, 0.2) is 88.9 Å². The third-order valence-corrected chi connectivity index (χ3v) is 5.60. The van der Waals surface area contributed by atoms with Gasteiger partial charge in [0.05, 0.1) is 17.2 Å². The Bertz CT molecular complexity index is 1200. The van der Waals surface area contributed by atoms with E-state index >= 15 is 0 Å². The fraction of sp³-hybridized carbons (Fsp3) is 0.0417. The zero-order valence-electron chi connectivity index (χ0n) is 16.0. The minimum absolute atomic E-state index is 0.0270. The number of hydrogen-bond donors (Lipinski definition) is 2. The number of aliphatic hydroxyl groups excluding tert-OH is 1. The average Bonchev–Trinajstić information content (AvgIpc) is 3.05. The summed E-state index contributed by atoms with van der Waals surface area (Å²) in [5, 5.41) is 20.1. The van der Waals surface area contributed by atoms with Gasteiger partial charge >= 0.3 is 5.97 Å². The molecule has 1 atom stereocenters. The number of nitrogens with zero attached hydrogens (tertiary/aromatic N) is 1. The maximum absolute atomic E-state index is 13.0.